The van der Waals surface area contributed by atoms with Crippen molar-refractivity contribution in [3.8, 4) is 5.75 Å². The summed E-state index contributed by atoms with van der Waals surface area (Å²) < 4.78 is 10.3. The minimum absolute atomic E-state index is 0.289. The number of carbonyl (C=O) groups is 2. The third kappa shape index (κ3) is 3.79. The number of rotatable bonds is 7. The molecule has 0 bridgehead atoms. The molecule has 7 nitrogen and oxygen atoms in total. The van der Waals surface area contributed by atoms with Crippen molar-refractivity contribution in [3.63, 3.8) is 0 Å². The molecule has 3 rings (SSSR count). The summed E-state index contributed by atoms with van der Waals surface area (Å²) >= 11 is 0. The first-order chi connectivity index (χ1) is 13.1. The monoisotopic (exact) mass is 370 g/mol. The van der Waals surface area contributed by atoms with E-state index in [4.69, 9.17) is 9.47 Å². The van der Waals surface area contributed by atoms with Gasteiger partial charge in [0.15, 0.2) is 12.2 Å². The van der Waals surface area contributed by atoms with Crippen molar-refractivity contribution >= 4 is 17.5 Å². The van der Waals surface area contributed by atoms with Gasteiger partial charge in [0.25, 0.3) is 11.8 Å². The predicted molar refractivity (Wildman–Crippen MR) is 99.4 cm³/mol. The minimum Gasteiger partial charge on any atom is -0.497 e. The smallest absolute Gasteiger partial charge is 0.258 e. The Kier molecular flexibility index (Phi) is 5.73. The Morgan fingerprint density at radius 3 is 2.41 bits per heavy atom. The summed E-state index contributed by atoms with van der Waals surface area (Å²) in [5.74, 6) is -0.216. The summed E-state index contributed by atoms with van der Waals surface area (Å²) in [6.45, 7) is 0.289. The second kappa shape index (κ2) is 8.20. The maximum Gasteiger partial charge on any atom is 0.258 e. The van der Waals surface area contributed by atoms with Gasteiger partial charge in [-0.1, -0.05) is 30.3 Å². The second-order valence-electron chi connectivity index (χ2n) is 6.20. The molecule has 2 N–H and O–H groups in total. The number of benzene rings is 2. The van der Waals surface area contributed by atoms with Crippen molar-refractivity contribution in [2.75, 3.05) is 19.1 Å². The summed E-state index contributed by atoms with van der Waals surface area (Å²) in [7, 11) is 2.93. The molecule has 0 spiro atoms. The van der Waals surface area contributed by atoms with Crippen molar-refractivity contribution in [1.82, 2.24) is 5.32 Å². The average molecular weight is 370 g/mol. The first-order valence-corrected chi connectivity index (χ1v) is 8.56. The van der Waals surface area contributed by atoms with Crippen LogP contribution in [0.3, 0.4) is 0 Å². The topological polar surface area (TPSA) is 88.1 Å². The predicted octanol–water partition coefficient (Wildman–Crippen LogP) is 1.10. The van der Waals surface area contributed by atoms with Gasteiger partial charge >= 0.3 is 0 Å². The van der Waals surface area contributed by atoms with Crippen molar-refractivity contribution in [2.45, 2.75) is 24.8 Å². The molecule has 7 heteroatoms. The van der Waals surface area contributed by atoms with Gasteiger partial charge in [-0.15, -0.1) is 0 Å². The molecule has 2 aromatic rings. The van der Waals surface area contributed by atoms with Crippen LogP contribution in [0.4, 0.5) is 5.69 Å². The molecule has 1 aliphatic heterocycles. The standard InChI is InChI=1S/C20H22N2O5/c1-26-15-10-8-14(9-11-15)22-16(18(27-2)20(22)25)17(23)19(24)21-12-13-6-4-3-5-7-13/h3-11,16-18,23H,12H2,1-2H3,(H,21,24). The Hall–Kier alpha value is -2.90. The van der Waals surface area contributed by atoms with Crippen LogP contribution in [0, 0.1) is 0 Å². The zero-order valence-electron chi connectivity index (χ0n) is 15.2. The van der Waals surface area contributed by atoms with Crippen molar-refractivity contribution in [1.29, 1.82) is 0 Å². The zero-order chi connectivity index (χ0) is 19.4. The molecule has 2 aromatic carbocycles. The van der Waals surface area contributed by atoms with Crippen molar-refractivity contribution in [2.24, 2.45) is 0 Å². The second-order valence-corrected chi connectivity index (χ2v) is 6.20. The fourth-order valence-electron chi connectivity index (χ4n) is 3.12. The minimum atomic E-state index is -1.42. The van der Waals surface area contributed by atoms with E-state index in [1.165, 1.54) is 12.0 Å². The van der Waals surface area contributed by atoms with Crippen LogP contribution in [-0.2, 0) is 20.9 Å². The van der Waals surface area contributed by atoms with Gasteiger partial charge < -0.3 is 24.8 Å². The van der Waals surface area contributed by atoms with Gasteiger partial charge in [0.1, 0.15) is 11.8 Å². The number of ether oxygens (including phenoxy) is 2. The number of nitrogens with zero attached hydrogens (tertiary/aromatic N) is 1. The van der Waals surface area contributed by atoms with Crippen molar-refractivity contribution in [3.05, 3.63) is 60.2 Å². The first-order valence-electron chi connectivity index (χ1n) is 8.56. The van der Waals surface area contributed by atoms with E-state index in [1.54, 1.807) is 31.4 Å². The quantitative estimate of drug-likeness (QED) is 0.713. The van der Waals surface area contributed by atoms with E-state index in [9.17, 15) is 14.7 Å². The Morgan fingerprint density at radius 1 is 1.15 bits per heavy atom. The highest BCUT2D eigenvalue weighted by atomic mass is 16.5. The van der Waals surface area contributed by atoms with Crippen LogP contribution in [0.15, 0.2) is 54.6 Å². The lowest BCUT2D eigenvalue weighted by Gasteiger charge is -2.47. The molecule has 3 unspecified atom stereocenters. The lowest BCUT2D eigenvalue weighted by atomic mass is 9.91. The number of β-lactam (4-membered cyclic amide) rings is 1. The number of hydrogen-bond acceptors (Lipinski definition) is 5. The normalized spacial score (nSPS) is 20.0. The van der Waals surface area contributed by atoms with Gasteiger partial charge in [-0.25, -0.2) is 0 Å². The van der Waals surface area contributed by atoms with E-state index in [-0.39, 0.29) is 12.5 Å². The summed E-state index contributed by atoms with van der Waals surface area (Å²) in [5, 5.41) is 13.3. The number of anilines is 1. The van der Waals surface area contributed by atoms with Crippen molar-refractivity contribution < 1.29 is 24.2 Å². The van der Waals surface area contributed by atoms with Gasteiger partial charge in [0, 0.05) is 19.3 Å². The number of amides is 2. The molecular formula is C20H22N2O5. The van der Waals surface area contributed by atoms with E-state index in [0.29, 0.717) is 11.4 Å². The number of hydrogen-bond donors (Lipinski definition) is 2. The number of aliphatic hydroxyl groups is 1. The molecule has 27 heavy (non-hydrogen) atoms. The first kappa shape index (κ1) is 18.9. The van der Waals surface area contributed by atoms with Crippen LogP contribution < -0.4 is 15.0 Å². The molecular weight excluding hydrogens is 348 g/mol. The molecule has 0 aromatic heterocycles. The summed E-state index contributed by atoms with van der Waals surface area (Å²) in [6.07, 6.45) is -2.29. The molecule has 3 atom stereocenters. The molecule has 142 valence electrons. The van der Waals surface area contributed by atoms with Gasteiger partial charge in [0.05, 0.1) is 7.11 Å². The third-order valence-corrected chi connectivity index (χ3v) is 4.60. The van der Waals surface area contributed by atoms with Gasteiger partial charge in [-0.2, -0.15) is 0 Å². The number of aliphatic hydroxyl groups excluding tert-OH is 1. The number of carbonyl (C=O) groups excluding carboxylic acids is 2. The van der Waals surface area contributed by atoms with Crippen LogP contribution in [0.1, 0.15) is 5.56 Å². The van der Waals surface area contributed by atoms with Gasteiger partial charge in [-0.05, 0) is 29.8 Å². The highest BCUT2D eigenvalue weighted by molar-refractivity contribution is 6.06. The molecule has 2 amide bonds. The maximum atomic E-state index is 12.4. The molecule has 0 saturated carbocycles. The average Bonchev–Trinajstić information content (AvgIpc) is 2.71. The Balaban J connectivity index is 1.72. The molecule has 1 heterocycles. The molecule has 0 radical (unpaired) electrons. The lowest BCUT2D eigenvalue weighted by molar-refractivity contribution is -0.149. The number of nitrogens with one attached hydrogen (secondary N) is 1. The fraction of sp³-hybridized carbons (Fsp3) is 0.300. The SMILES string of the molecule is COc1ccc(N2C(=O)C(OC)C2C(O)C(=O)NCc2ccccc2)cc1. The van der Waals surface area contributed by atoms with E-state index in [2.05, 4.69) is 5.32 Å². The largest absolute Gasteiger partial charge is 0.497 e. The molecule has 1 fully saturated rings. The summed E-state index contributed by atoms with van der Waals surface area (Å²) in [5.41, 5.74) is 1.48. The molecule has 1 aliphatic rings. The highest BCUT2D eigenvalue weighted by Gasteiger charge is 2.54. The Labute approximate surface area is 157 Å². The van der Waals surface area contributed by atoms with Crippen LogP contribution in [-0.4, -0.2) is 49.4 Å². The van der Waals surface area contributed by atoms with Crippen LogP contribution in [0.5, 0.6) is 5.75 Å². The van der Waals surface area contributed by atoms with E-state index < -0.39 is 24.2 Å². The lowest BCUT2D eigenvalue weighted by Crippen LogP contribution is -2.72. The Bertz CT molecular complexity index is 794. The highest BCUT2D eigenvalue weighted by Crippen LogP contribution is 2.33. The summed E-state index contributed by atoms with van der Waals surface area (Å²) in [4.78, 5) is 26.2. The third-order valence-electron chi connectivity index (χ3n) is 4.60. The Morgan fingerprint density at radius 2 is 1.81 bits per heavy atom. The number of methoxy groups -OCH3 is 2. The van der Waals surface area contributed by atoms with Gasteiger partial charge in [-0.3, -0.25) is 9.59 Å². The molecule has 1 saturated heterocycles. The fourth-order valence-corrected chi connectivity index (χ4v) is 3.12. The maximum absolute atomic E-state index is 12.4. The van der Waals surface area contributed by atoms with Crippen LogP contribution in [0.25, 0.3) is 0 Å². The van der Waals surface area contributed by atoms with Crippen LogP contribution >= 0.6 is 0 Å². The van der Waals surface area contributed by atoms with E-state index in [0.717, 1.165) is 5.56 Å². The van der Waals surface area contributed by atoms with E-state index in [1.807, 2.05) is 30.3 Å². The van der Waals surface area contributed by atoms with E-state index >= 15 is 0 Å². The zero-order valence-corrected chi connectivity index (χ0v) is 15.2. The van der Waals surface area contributed by atoms with Gasteiger partial charge in [0.2, 0.25) is 0 Å². The molecule has 0 aliphatic carbocycles. The van der Waals surface area contributed by atoms with Crippen LogP contribution in [0.2, 0.25) is 0 Å². The summed E-state index contributed by atoms with van der Waals surface area (Å²) in [6, 6.07) is 15.4.